The van der Waals surface area contributed by atoms with Gasteiger partial charge in [0.05, 0.1) is 5.69 Å². The fourth-order valence-electron chi connectivity index (χ4n) is 1.52. The molecule has 1 aromatic heterocycles. The molecule has 1 aliphatic heterocycles. The zero-order chi connectivity index (χ0) is 9.10. The number of halogens is 1. The Morgan fingerprint density at radius 3 is 2.86 bits per heavy atom. The summed E-state index contributed by atoms with van der Waals surface area (Å²) in [5, 5.41) is 6.67. The molecule has 0 aliphatic carbocycles. The second-order valence-corrected chi connectivity index (χ2v) is 3.32. The van der Waals surface area contributed by atoms with Gasteiger partial charge in [0.2, 0.25) is 0 Å². The number of aromatic nitrogens is 2. The van der Waals surface area contributed by atoms with E-state index in [-0.39, 0.29) is 12.4 Å². The summed E-state index contributed by atoms with van der Waals surface area (Å²) in [5.41, 5.74) is 0.967. The van der Waals surface area contributed by atoms with Crippen molar-refractivity contribution in [1.29, 1.82) is 0 Å². The number of hydrogen-bond donors (Lipinski definition) is 2. The summed E-state index contributed by atoms with van der Waals surface area (Å²) in [5.74, 6) is 0.913. The largest absolute Gasteiger partial charge is 0.365 e. The van der Waals surface area contributed by atoms with E-state index < -0.39 is 0 Å². The monoisotopic (exact) mass is 214 g/mol. The number of nitrogens with zero attached hydrogens (tertiary/aromatic N) is 2. The van der Waals surface area contributed by atoms with Crippen LogP contribution in [0.5, 0.6) is 0 Å². The fraction of sp³-hybridized carbons (Fsp3) is 0.556. The zero-order valence-electron chi connectivity index (χ0n) is 8.16. The average molecular weight is 215 g/mol. The smallest absolute Gasteiger partial charge is 0.147 e. The van der Waals surface area contributed by atoms with Gasteiger partial charge >= 0.3 is 0 Å². The molecule has 5 heteroatoms. The van der Waals surface area contributed by atoms with Crippen molar-refractivity contribution in [2.24, 2.45) is 0 Å². The Balaban J connectivity index is 0.000000980. The normalized spacial score (nSPS) is 20.2. The Bertz CT molecular complexity index is 286. The highest BCUT2D eigenvalue weighted by Gasteiger charge is 2.14. The van der Waals surface area contributed by atoms with E-state index in [0.717, 1.165) is 31.0 Å². The summed E-state index contributed by atoms with van der Waals surface area (Å²) in [7, 11) is 0. The SMILES string of the molecule is Cc1nccnc1N[C@H]1CCNC1.Cl. The van der Waals surface area contributed by atoms with E-state index >= 15 is 0 Å². The lowest BCUT2D eigenvalue weighted by Gasteiger charge is -2.12. The van der Waals surface area contributed by atoms with E-state index in [1.165, 1.54) is 0 Å². The van der Waals surface area contributed by atoms with Gasteiger partial charge in [-0.2, -0.15) is 0 Å². The van der Waals surface area contributed by atoms with Crippen molar-refractivity contribution < 1.29 is 0 Å². The second kappa shape index (κ2) is 5.12. The summed E-state index contributed by atoms with van der Waals surface area (Å²) in [6.45, 7) is 4.09. The molecule has 2 rings (SSSR count). The summed E-state index contributed by atoms with van der Waals surface area (Å²) < 4.78 is 0. The van der Waals surface area contributed by atoms with Crippen molar-refractivity contribution in [3.63, 3.8) is 0 Å². The van der Waals surface area contributed by atoms with Crippen LogP contribution >= 0.6 is 12.4 Å². The van der Waals surface area contributed by atoms with Gasteiger partial charge in [-0.05, 0) is 19.9 Å². The Morgan fingerprint density at radius 1 is 1.43 bits per heavy atom. The molecule has 1 aromatic rings. The quantitative estimate of drug-likeness (QED) is 0.771. The molecule has 0 bridgehead atoms. The maximum absolute atomic E-state index is 4.24. The summed E-state index contributed by atoms with van der Waals surface area (Å²) >= 11 is 0. The molecule has 0 spiro atoms. The minimum atomic E-state index is 0. The molecule has 0 radical (unpaired) electrons. The molecule has 14 heavy (non-hydrogen) atoms. The molecule has 1 aliphatic rings. The third-order valence-electron chi connectivity index (χ3n) is 2.28. The molecule has 0 saturated carbocycles. The van der Waals surface area contributed by atoms with Crippen LogP contribution in [-0.4, -0.2) is 29.1 Å². The van der Waals surface area contributed by atoms with Crippen molar-refractivity contribution in [2.75, 3.05) is 18.4 Å². The maximum atomic E-state index is 4.24. The number of hydrogen-bond acceptors (Lipinski definition) is 4. The molecule has 1 atom stereocenters. The van der Waals surface area contributed by atoms with Crippen LogP contribution in [0, 0.1) is 6.92 Å². The van der Waals surface area contributed by atoms with Gasteiger partial charge in [0.1, 0.15) is 5.82 Å². The van der Waals surface area contributed by atoms with Crippen molar-refractivity contribution in [1.82, 2.24) is 15.3 Å². The van der Waals surface area contributed by atoms with Crippen molar-refractivity contribution in [3.8, 4) is 0 Å². The van der Waals surface area contributed by atoms with E-state index in [9.17, 15) is 0 Å². The third-order valence-corrected chi connectivity index (χ3v) is 2.28. The van der Waals surface area contributed by atoms with E-state index in [4.69, 9.17) is 0 Å². The number of rotatable bonds is 2. The van der Waals surface area contributed by atoms with Crippen molar-refractivity contribution >= 4 is 18.2 Å². The van der Waals surface area contributed by atoms with Crippen LogP contribution in [-0.2, 0) is 0 Å². The van der Waals surface area contributed by atoms with Crippen LogP contribution in [0.3, 0.4) is 0 Å². The Hall–Kier alpha value is -0.870. The Labute approximate surface area is 89.9 Å². The van der Waals surface area contributed by atoms with Gasteiger partial charge in [-0.25, -0.2) is 4.98 Å². The number of nitrogens with one attached hydrogen (secondary N) is 2. The van der Waals surface area contributed by atoms with Gasteiger partial charge < -0.3 is 10.6 Å². The highest BCUT2D eigenvalue weighted by Crippen LogP contribution is 2.10. The number of aryl methyl sites for hydroxylation is 1. The summed E-state index contributed by atoms with van der Waals surface area (Å²) in [6, 6.07) is 0.510. The van der Waals surface area contributed by atoms with Crippen molar-refractivity contribution in [3.05, 3.63) is 18.1 Å². The van der Waals surface area contributed by atoms with Crippen LogP contribution in [0.25, 0.3) is 0 Å². The van der Waals surface area contributed by atoms with Gasteiger partial charge in [0, 0.05) is 25.0 Å². The predicted octanol–water partition coefficient (Wildman–Crippen LogP) is 0.981. The predicted molar refractivity (Wildman–Crippen MR) is 58.9 cm³/mol. The van der Waals surface area contributed by atoms with Crippen LogP contribution in [0.4, 0.5) is 5.82 Å². The Morgan fingerprint density at radius 2 is 2.21 bits per heavy atom. The first-order chi connectivity index (χ1) is 6.36. The van der Waals surface area contributed by atoms with Crippen molar-refractivity contribution in [2.45, 2.75) is 19.4 Å². The molecule has 0 aromatic carbocycles. The highest BCUT2D eigenvalue weighted by molar-refractivity contribution is 5.85. The van der Waals surface area contributed by atoms with Gasteiger partial charge in [0.15, 0.2) is 0 Å². The maximum Gasteiger partial charge on any atom is 0.147 e. The summed E-state index contributed by atoms with van der Waals surface area (Å²) in [4.78, 5) is 8.42. The molecular weight excluding hydrogens is 200 g/mol. The minimum absolute atomic E-state index is 0. The molecule has 2 heterocycles. The first-order valence-corrected chi connectivity index (χ1v) is 4.61. The van der Waals surface area contributed by atoms with Gasteiger partial charge in [-0.3, -0.25) is 4.98 Å². The molecule has 78 valence electrons. The van der Waals surface area contributed by atoms with Crippen LogP contribution in [0.15, 0.2) is 12.4 Å². The second-order valence-electron chi connectivity index (χ2n) is 3.32. The van der Waals surface area contributed by atoms with E-state index in [2.05, 4.69) is 20.6 Å². The fourth-order valence-corrected chi connectivity index (χ4v) is 1.52. The first kappa shape index (κ1) is 11.2. The van der Waals surface area contributed by atoms with Gasteiger partial charge in [-0.1, -0.05) is 0 Å². The average Bonchev–Trinajstić information content (AvgIpc) is 2.61. The van der Waals surface area contributed by atoms with E-state index in [0.29, 0.717) is 6.04 Å². The van der Waals surface area contributed by atoms with Crippen LogP contribution in [0.1, 0.15) is 12.1 Å². The molecular formula is C9H15ClN4. The standard InChI is InChI=1S/C9H14N4.ClH/c1-7-9(12-5-4-11-7)13-8-2-3-10-6-8;/h4-5,8,10H,2-3,6H2,1H3,(H,12,13);1H/t8-;/m0./s1. The topological polar surface area (TPSA) is 49.8 Å². The number of anilines is 1. The first-order valence-electron chi connectivity index (χ1n) is 4.61. The molecule has 1 fully saturated rings. The van der Waals surface area contributed by atoms with Crippen LogP contribution < -0.4 is 10.6 Å². The molecule has 0 amide bonds. The third kappa shape index (κ3) is 2.56. The highest BCUT2D eigenvalue weighted by atomic mass is 35.5. The van der Waals surface area contributed by atoms with E-state index in [1.54, 1.807) is 12.4 Å². The summed E-state index contributed by atoms with van der Waals surface area (Å²) in [6.07, 6.45) is 4.60. The lowest BCUT2D eigenvalue weighted by atomic mass is 10.2. The zero-order valence-corrected chi connectivity index (χ0v) is 8.97. The molecule has 2 N–H and O–H groups in total. The molecule has 4 nitrogen and oxygen atoms in total. The lowest BCUT2D eigenvalue weighted by molar-refractivity contribution is 0.784. The van der Waals surface area contributed by atoms with Crippen LogP contribution in [0.2, 0.25) is 0 Å². The minimum Gasteiger partial charge on any atom is -0.365 e. The van der Waals surface area contributed by atoms with Gasteiger partial charge in [-0.15, -0.1) is 12.4 Å². The lowest BCUT2D eigenvalue weighted by Crippen LogP contribution is -2.23. The molecule has 0 unspecified atom stereocenters. The Kier molecular flexibility index (Phi) is 4.10. The van der Waals surface area contributed by atoms with E-state index in [1.807, 2.05) is 6.92 Å². The van der Waals surface area contributed by atoms with Gasteiger partial charge in [0.25, 0.3) is 0 Å². The molecule has 1 saturated heterocycles.